The summed E-state index contributed by atoms with van der Waals surface area (Å²) in [5, 5.41) is 13.2. The largest absolute Gasteiger partial charge is 0.309 e. The van der Waals surface area contributed by atoms with Crippen molar-refractivity contribution in [3.8, 4) is 33.6 Å². The zero-order valence-corrected chi connectivity index (χ0v) is 32.3. The van der Waals surface area contributed by atoms with E-state index in [1.807, 2.05) is 24.8 Å². The number of benzene rings is 8. The molecule has 0 aliphatic carbocycles. The summed E-state index contributed by atoms with van der Waals surface area (Å²) in [5.41, 5.74) is 12.1. The number of hydrogen-bond acceptors (Lipinski definition) is 3. The Balaban J connectivity index is 1.15. The maximum absolute atomic E-state index is 5.43. The van der Waals surface area contributed by atoms with E-state index in [-0.39, 0.29) is 0 Å². The van der Waals surface area contributed by atoms with Crippen LogP contribution in [0.15, 0.2) is 201 Å². The first-order valence-electron chi connectivity index (χ1n) is 20.3. The highest BCUT2D eigenvalue weighted by Crippen LogP contribution is 2.46. The van der Waals surface area contributed by atoms with Gasteiger partial charge in [-0.3, -0.25) is 15.0 Å². The van der Waals surface area contributed by atoms with Gasteiger partial charge in [0.25, 0.3) is 0 Å². The van der Waals surface area contributed by atoms with Gasteiger partial charge < -0.3 is 9.13 Å². The second-order valence-electron chi connectivity index (χ2n) is 15.6. The summed E-state index contributed by atoms with van der Waals surface area (Å²) in [6, 6.07) is 61.6. The first-order valence-corrected chi connectivity index (χ1v) is 20.3. The Morgan fingerprint density at radius 3 is 1.40 bits per heavy atom. The number of pyridine rings is 3. The lowest BCUT2D eigenvalue weighted by Crippen LogP contribution is -1.99. The number of hydrogen-bond donors (Lipinski definition) is 0. The van der Waals surface area contributed by atoms with Crippen LogP contribution in [0, 0.1) is 0 Å². The lowest BCUT2D eigenvalue weighted by molar-refractivity contribution is 1.16. The highest BCUT2D eigenvalue weighted by atomic mass is 15.0. The number of rotatable bonds is 4. The number of para-hydroxylation sites is 2. The van der Waals surface area contributed by atoms with Gasteiger partial charge in [0.15, 0.2) is 0 Å². The van der Waals surface area contributed by atoms with Gasteiger partial charge >= 0.3 is 0 Å². The highest BCUT2D eigenvalue weighted by Gasteiger charge is 2.23. The maximum Gasteiger partial charge on any atom is 0.0788 e. The van der Waals surface area contributed by atoms with Crippen LogP contribution in [0.2, 0.25) is 0 Å². The topological polar surface area (TPSA) is 48.5 Å². The highest BCUT2D eigenvalue weighted by molar-refractivity contribution is 6.24. The van der Waals surface area contributed by atoms with Crippen molar-refractivity contribution >= 4 is 86.8 Å². The van der Waals surface area contributed by atoms with Gasteiger partial charge in [-0.05, 0) is 116 Å². The van der Waals surface area contributed by atoms with Gasteiger partial charge in [-0.2, -0.15) is 0 Å². The van der Waals surface area contributed by atoms with Crippen LogP contribution in [0.4, 0.5) is 0 Å². The van der Waals surface area contributed by atoms with E-state index in [1.165, 1.54) is 54.1 Å². The molecule has 13 aromatic rings. The zero-order valence-electron chi connectivity index (χ0n) is 32.3. The third-order valence-electron chi connectivity index (χ3n) is 12.5. The SMILES string of the molecule is c1ccc2c(c1)ccc1c2c2ccccc2n1-c1ccc2c(c1)c(-c1ccncc1)c(-c1ccncc1)c1cc(-n3c4ccccc4c4c5ccccc5ccc43)cnc12. The Morgan fingerprint density at radius 2 is 0.817 bits per heavy atom. The molecule has 0 spiro atoms. The molecule has 0 saturated carbocycles. The molecular formula is C55H33N5. The molecule has 0 N–H and O–H groups in total. The van der Waals surface area contributed by atoms with E-state index < -0.39 is 0 Å². The van der Waals surface area contributed by atoms with Crippen LogP contribution in [0.1, 0.15) is 0 Å². The minimum atomic E-state index is 0.948. The predicted octanol–water partition coefficient (Wildman–Crippen LogP) is 14.0. The van der Waals surface area contributed by atoms with E-state index in [1.54, 1.807) is 0 Å². The lowest BCUT2D eigenvalue weighted by Gasteiger charge is -2.20. The van der Waals surface area contributed by atoms with Crippen molar-refractivity contribution in [1.82, 2.24) is 24.1 Å². The molecule has 8 aromatic carbocycles. The summed E-state index contributed by atoms with van der Waals surface area (Å²) < 4.78 is 4.80. The molecule has 60 heavy (non-hydrogen) atoms. The first-order chi connectivity index (χ1) is 29.8. The van der Waals surface area contributed by atoms with Crippen LogP contribution in [-0.4, -0.2) is 24.1 Å². The Hall–Kier alpha value is -8.15. The van der Waals surface area contributed by atoms with Crippen molar-refractivity contribution in [1.29, 1.82) is 0 Å². The van der Waals surface area contributed by atoms with E-state index in [2.05, 4.69) is 195 Å². The van der Waals surface area contributed by atoms with E-state index in [4.69, 9.17) is 4.98 Å². The van der Waals surface area contributed by atoms with E-state index in [0.29, 0.717) is 0 Å². The molecule has 0 radical (unpaired) electrons. The molecule has 5 nitrogen and oxygen atoms in total. The van der Waals surface area contributed by atoms with Gasteiger partial charge in [0.1, 0.15) is 0 Å². The van der Waals surface area contributed by atoms with Crippen LogP contribution < -0.4 is 0 Å². The summed E-state index contributed by atoms with van der Waals surface area (Å²) in [4.78, 5) is 14.4. The fourth-order valence-electron chi connectivity index (χ4n) is 10.0. The van der Waals surface area contributed by atoms with Crippen LogP contribution >= 0.6 is 0 Å². The molecule has 0 aliphatic rings. The van der Waals surface area contributed by atoms with Gasteiger partial charge in [-0.25, -0.2) is 0 Å². The minimum absolute atomic E-state index is 0.948. The van der Waals surface area contributed by atoms with Gasteiger partial charge in [0.05, 0.1) is 39.5 Å². The van der Waals surface area contributed by atoms with Crippen LogP contribution in [0.3, 0.4) is 0 Å². The van der Waals surface area contributed by atoms with Crippen molar-refractivity contribution in [3.05, 3.63) is 201 Å². The molecule has 5 heterocycles. The molecule has 0 unspecified atom stereocenters. The summed E-state index contributed by atoms with van der Waals surface area (Å²) in [6.07, 6.45) is 9.60. The average molecular weight is 764 g/mol. The van der Waals surface area contributed by atoms with Crippen molar-refractivity contribution in [2.24, 2.45) is 0 Å². The molecule has 0 amide bonds. The molecule has 0 saturated heterocycles. The fourth-order valence-corrected chi connectivity index (χ4v) is 10.0. The van der Waals surface area contributed by atoms with Gasteiger partial charge in [0.2, 0.25) is 0 Å². The third kappa shape index (κ3) is 4.66. The second-order valence-corrected chi connectivity index (χ2v) is 15.6. The molecule has 0 atom stereocenters. The quantitative estimate of drug-likeness (QED) is 0.168. The number of nitrogens with zero attached hydrogens (tertiary/aromatic N) is 5. The van der Waals surface area contributed by atoms with Crippen molar-refractivity contribution < 1.29 is 0 Å². The summed E-state index contributed by atoms with van der Waals surface area (Å²) >= 11 is 0. The van der Waals surface area contributed by atoms with Crippen LogP contribution in [-0.2, 0) is 0 Å². The molecule has 5 aromatic heterocycles. The van der Waals surface area contributed by atoms with E-state index in [9.17, 15) is 0 Å². The summed E-state index contributed by atoms with van der Waals surface area (Å²) in [6.45, 7) is 0. The van der Waals surface area contributed by atoms with Crippen molar-refractivity contribution in [3.63, 3.8) is 0 Å². The Labute approximate surface area is 344 Å². The minimum Gasteiger partial charge on any atom is -0.309 e. The molecule has 0 fully saturated rings. The fraction of sp³-hybridized carbons (Fsp3) is 0. The smallest absolute Gasteiger partial charge is 0.0788 e. The molecule has 0 aliphatic heterocycles. The van der Waals surface area contributed by atoms with Gasteiger partial charge in [-0.15, -0.1) is 0 Å². The average Bonchev–Trinajstić information content (AvgIpc) is 3.85. The first kappa shape index (κ1) is 32.9. The summed E-state index contributed by atoms with van der Waals surface area (Å²) in [5.74, 6) is 0. The number of aromatic nitrogens is 5. The second kappa shape index (κ2) is 12.7. The van der Waals surface area contributed by atoms with Gasteiger partial charge in [0, 0.05) is 62.8 Å². The Kier molecular flexibility index (Phi) is 6.95. The predicted molar refractivity (Wildman–Crippen MR) is 249 cm³/mol. The zero-order chi connectivity index (χ0) is 39.3. The van der Waals surface area contributed by atoms with Crippen molar-refractivity contribution in [2.45, 2.75) is 0 Å². The van der Waals surface area contributed by atoms with Gasteiger partial charge in [-0.1, -0.05) is 103 Å². The normalized spacial score (nSPS) is 12.0. The molecule has 13 rings (SSSR count). The van der Waals surface area contributed by atoms with E-state index >= 15 is 0 Å². The van der Waals surface area contributed by atoms with E-state index in [0.717, 1.165) is 66.3 Å². The number of fused-ring (bicyclic) bond motifs is 13. The Morgan fingerprint density at radius 1 is 0.333 bits per heavy atom. The van der Waals surface area contributed by atoms with Crippen LogP contribution in [0.25, 0.3) is 120 Å². The van der Waals surface area contributed by atoms with Crippen LogP contribution in [0.5, 0.6) is 0 Å². The lowest BCUT2D eigenvalue weighted by atomic mass is 9.86. The summed E-state index contributed by atoms with van der Waals surface area (Å²) in [7, 11) is 0. The third-order valence-corrected chi connectivity index (χ3v) is 12.5. The standard InChI is InChI=1S/C55H33N5/c1-3-11-40-34(9-1)17-21-49-53(40)43-13-5-7-15-47(43)59(49)38-19-20-42-45(31-38)51(36-23-27-56-28-24-36)52(37-25-29-57-30-26-37)46-32-39(33-58-55(42)46)60-48-16-8-6-14-44(48)54-41-12-4-2-10-35(41)18-22-50(54)60/h1-33H. The molecule has 0 bridgehead atoms. The Bertz CT molecular complexity index is 3630. The van der Waals surface area contributed by atoms with Crippen molar-refractivity contribution in [2.75, 3.05) is 0 Å². The monoisotopic (exact) mass is 763 g/mol. The molecule has 278 valence electrons. The molecular weight excluding hydrogens is 731 g/mol. The molecule has 5 heteroatoms. The maximum atomic E-state index is 5.43.